The van der Waals surface area contributed by atoms with E-state index in [1.165, 1.54) is 7.05 Å². The van der Waals surface area contributed by atoms with E-state index in [-0.39, 0.29) is 13.0 Å². The van der Waals surface area contributed by atoms with Crippen molar-refractivity contribution in [1.82, 2.24) is 10.6 Å². The van der Waals surface area contributed by atoms with Gasteiger partial charge in [-0.2, -0.15) is 0 Å². The normalized spacial score (nSPS) is 12.8. The van der Waals surface area contributed by atoms with E-state index < -0.39 is 23.6 Å². The van der Waals surface area contributed by atoms with E-state index >= 15 is 0 Å². The third kappa shape index (κ3) is 6.78. The Hall–Kier alpha value is -1.30. The summed E-state index contributed by atoms with van der Waals surface area (Å²) in [6, 6.07) is -1.07. The molecule has 0 spiro atoms. The van der Waals surface area contributed by atoms with Gasteiger partial charge in [-0.15, -0.1) is 0 Å². The van der Waals surface area contributed by atoms with E-state index in [1.54, 1.807) is 0 Å². The van der Waals surface area contributed by atoms with Gasteiger partial charge in [0.25, 0.3) is 0 Å². The quantitative estimate of drug-likeness (QED) is 0.592. The number of carbonyl (C=O) groups is 2. The molecule has 0 aromatic heterocycles. The molecule has 100 valence electrons. The molecular weight excluding hydrogens is 224 g/mol. The van der Waals surface area contributed by atoms with Crippen molar-refractivity contribution in [2.75, 3.05) is 13.7 Å². The van der Waals surface area contributed by atoms with Gasteiger partial charge in [-0.3, -0.25) is 4.79 Å². The average molecular weight is 246 g/mol. The third-order valence-electron chi connectivity index (χ3n) is 2.44. The Kier molecular flexibility index (Phi) is 6.57. The zero-order valence-corrected chi connectivity index (χ0v) is 10.9. The van der Waals surface area contributed by atoms with Crippen LogP contribution in [0.1, 0.15) is 33.6 Å². The average Bonchev–Trinajstić information content (AvgIpc) is 2.27. The fourth-order valence-electron chi connectivity index (χ4n) is 1.04. The second kappa shape index (κ2) is 7.11. The molecule has 0 rings (SSSR count). The summed E-state index contributed by atoms with van der Waals surface area (Å²) in [4.78, 5) is 22.6. The van der Waals surface area contributed by atoms with Gasteiger partial charge in [0.1, 0.15) is 5.60 Å². The topological polar surface area (TPSA) is 87.7 Å². The van der Waals surface area contributed by atoms with Crippen molar-refractivity contribution in [2.45, 2.75) is 45.3 Å². The maximum absolute atomic E-state index is 11.6. The number of aliphatic hydroxyl groups is 1. The van der Waals surface area contributed by atoms with Crippen LogP contribution in [0.4, 0.5) is 4.79 Å². The number of rotatable bonds is 6. The smallest absolute Gasteiger partial charge is 0.314 e. The number of hydrogen-bond donors (Lipinski definition) is 3. The highest BCUT2D eigenvalue weighted by molar-refractivity contribution is 5.76. The lowest BCUT2D eigenvalue weighted by atomic mass is 10.1. The molecule has 1 atom stereocenters. The Morgan fingerprint density at radius 1 is 1.41 bits per heavy atom. The van der Waals surface area contributed by atoms with Crippen molar-refractivity contribution in [1.29, 1.82) is 0 Å². The number of hydrogen-bond acceptors (Lipinski definition) is 4. The Balaban J connectivity index is 4.20. The lowest BCUT2D eigenvalue weighted by Crippen LogP contribution is -2.44. The van der Waals surface area contributed by atoms with Gasteiger partial charge >= 0.3 is 12.0 Å². The number of urea groups is 1. The van der Waals surface area contributed by atoms with Gasteiger partial charge in [0.05, 0.1) is 19.1 Å². The molecule has 1 unspecified atom stereocenters. The minimum Gasteiger partial charge on any atom is -0.460 e. The first-order valence-corrected chi connectivity index (χ1v) is 5.65. The zero-order valence-electron chi connectivity index (χ0n) is 10.9. The van der Waals surface area contributed by atoms with E-state index in [0.717, 1.165) is 0 Å². The molecule has 3 N–H and O–H groups in total. The van der Waals surface area contributed by atoms with Gasteiger partial charge in [0, 0.05) is 7.05 Å². The van der Waals surface area contributed by atoms with E-state index in [2.05, 4.69) is 10.6 Å². The molecule has 0 radical (unpaired) electrons. The van der Waals surface area contributed by atoms with Crippen LogP contribution < -0.4 is 10.6 Å². The summed E-state index contributed by atoms with van der Waals surface area (Å²) in [6.07, 6.45) is 0.652. The molecule has 0 fully saturated rings. The molecule has 17 heavy (non-hydrogen) atoms. The van der Waals surface area contributed by atoms with Gasteiger partial charge in [-0.05, 0) is 20.3 Å². The van der Waals surface area contributed by atoms with Gasteiger partial charge in [-0.1, -0.05) is 6.92 Å². The highest BCUT2D eigenvalue weighted by Crippen LogP contribution is 2.14. The maximum Gasteiger partial charge on any atom is 0.314 e. The second-order valence-electron chi connectivity index (χ2n) is 4.39. The highest BCUT2D eigenvalue weighted by Gasteiger charge is 2.23. The first-order valence-electron chi connectivity index (χ1n) is 5.65. The van der Waals surface area contributed by atoms with Crippen LogP contribution in [0, 0.1) is 0 Å². The molecule has 0 saturated heterocycles. The minimum absolute atomic E-state index is 0.0483. The molecule has 0 aliphatic rings. The number of esters is 1. The van der Waals surface area contributed by atoms with E-state index in [4.69, 9.17) is 9.84 Å². The van der Waals surface area contributed by atoms with Crippen molar-refractivity contribution in [3.63, 3.8) is 0 Å². The van der Waals surface area contributed by atoms with Crippen LogP contribution in [0.25, 0.3) is 0 Å². The summed E-state index contributed by atoms with van der Waals surface area (Å²) in [7, 11) is 1.46. The van der Waals surface area contributed by atoms with Crippen molar-refractivity contribution in [3.05, 3.63) is 0 Å². The monoisotopic (exact) mass is 246 g/mol. The Morgan fingerprint density at radius 2 is 2.00 bits per heavy atom. The van der Waals surface area contributed by atoms with Crippen LogP contribution in [0.3, 0.4) is 0 Å². The highest BCUT2D eigenvalue weighted by atomic mass is 16.6. The summed E-state index contributed by atoms with van der Waals surface area (Å²) in [5, 5.41) is 13.8. The predicted molar refractivity (Wildman–Crippen MR) is 63.5 cm³/mol. The summed E-state index contributed by atoms with van der Waals surface area (Å²) in [5.74, 6) is -0.438. The van der Waals surface area contributed by atoms with Crippen LogP contribution in [-0.4, -0.2) is 42.4 Å². The van der Waals surface area contributed by atoms with Crippen LogP contribution in [0.2, 0.25) is 0 Å². The van der Waals surface area contributed by atoms with Crippen molar-refractivity contribution in [3.8, 4) is 0 Å². The van der Waals surface area contributed by atoms with E-state index in [1.807, 2.05) is 20.8 Å². The summed E-state index contributed by atoms with van der Waals surface area (Å²) >= 11 is 0. The fraction of sp³-hybridized carbons (Fsp3) is 0.818. The fourth-order valence-corrected chi connectivity index (χ4v) is 1.04. The van der Waals surface area contributed by atoms with Crippen molar-refractivity contribution in [2.24, 2.45) is 0 Å². The Labute approximate surface area is 102 Å². The van der Waals surface area contributed by atoms with Crippen LogP contribution >= 0.6 is 0 Å². The third-order valence-corrected chi connectivity index (χ3v) is 2.44. The van der Waals surface area contributed by atoms with E-state index in [0.29, 0.717) is 6.42 Å². The van der Waals surface area contributed by atoms with Gasteiger partial charge in [-0.25, -0.2) is 4.79 Å². The summed E-state index contributed by atoms with van der Waals surface area (Å²) < 4.78 is 5.21. The van der Waals surface area contributed by atoms with Gasteiger partial charge in [0.2, 0.25) is 0 Å². The van der Waals surface area contributed by atoms with Crippen LogP contribution in [0.5, 0.6) is 0 Å². The summed E-state index contributed by atoms with van der Waals surface area (Å²) in [6.45, 7) is 5.23. The molecule has 0 aromatic rings. The summed E-state index contributed by atoms with van der Waals surface area (Å²) in [5.41, 5.74) is -0.524. The number of nitrogens with one attached hydrogen (secondary N) is 2. The zero-order chi connectivity index (χ0) is 13.5. The van der Waals surface area contributed by atoms with Gasteiger partial charge in [0.15, 0.2) is 0 Å². The van der Waals surface area contributed by atoms with Crippen LogP contribution in [0.15, 0.2) is 0 Å². The number of aliphatic hydroxyl groups excluding tert-OH is 1. The number of amides is 2. The molecule has 6 heteroatoms. The maximum atomic E-state index is 11.6. The molecule has 0 heterocycles. The van der Waals surface area contributed by atoms with Crippen molar-refractivity contribution < 1.29 is 19.4 Å². The lowest BCUT2D eigenvalue weighted by Gasteiger charge is -2.24. The molecule has 6 nitrogen and oxygen atoms in total. The minimum atomic E-state index is -0.630. The molecule has 0 aliphatic carbocycles. The van der Waals surface area contributed by atoms with E-state index in [9.17, 15) is 9.59 Å². The SMILES string of the molecule is CCC(C)(C)OC(=O)CC(CO)NC(=O)NC. The van der Waals surface area contributed by atoms with Gasteiger partial charge < -0.3 is 20.5 Å². The Morgan fingerprint density at radius 3 is 2.41 bits per heavy atom. The molecule has 0 saturated carbocycles. The van der Waals surface area contributed by atoms with Crippen LogP contribution in [-0.2, 0) is 9.53 Å². The lowest BCUT2D eigenvalue weighted by molar-refractivity contribution is -0.157. The number of carbonyl (C=O) groups excluding carboxylic acids is 2. The first-order chi connectivity index (χ1) is 7.84. The standard InChI is InChI=1S/C11H22N2O4/c1-5-11(2,3)17-9(15)6-8(7-14)13-10(16)12-4/h8,14H,5-7H2,1-4H3,(H2,12,13,16). The molecular formula is C11H22N2O4. The molecule has 0 bridgehead atoms. The molecule has 0 aromatic carbocycles. The molecule has 2 amide bonds. The Bertz CT molecular complexity index is 266. The molecule has 0 aliphatic heterocycles. The second-order valence-corrected chi connectivity index (χ2v) is 4.39. The largest absolute Gasteiger partial charge is 0.460 e. The first kappa shape index (κ1) is 15.7. The van der Waals surface area contributed by atoms with Crippen molar-refractivity contribution >= 4 is 12.0 Å². The number of ether oxygens (including phenoxy) is 1. The predicted octanol–water partition coefficient (Wildman–Crippen LogP) is 0.398.